The van der Waals surface area contributed by atoms with Gasteiger partial charge >= 0.3 is 6.55 Å². The molecule has 0 aliphatic carbocycles. The zero-order valence-electron chi connectivity index (χ0n) is 14.6. The fraction of sp³-hybridized carbons (Fsp3) is 0.235. The van der Waals surface area contributed by atoms with Crippen molar-refractivity contribution in [2.75, 3.05) is 6.54 Å². The molecule has 0 spiro atoms. The van der Waals surface area contributed by atoms with Crippen molar-refractivity contribution in [2.24, 2.45) is 0 Å². The van der Waals surface area contributed by atoms with E-state index in [1.54, 1.807) is 25.1 Å². The van der Waals surface area contributed by atoms with Gasteiger partial charge < -0.3 is 0 Å². The minimum atomic E-state index is -4.22. The number of sulfonamides is 1. The zero-order chi connectivity index (χ0) is 20.5. The molecule has 148 valence electrons. The van der Waals surface area contributed by atoms with Gasteiger partial charge in [0, 0.05) is 18.5 Å². The first-order valence-electron chi connectivity index (χ1n) is 8.20. The Bertz CT molecular complexity index is 1130. The van der Waals surface area contributed by atoms with Crippen LogP contribution in [0.1, 0.15) is 25.2 Å². The summed E-state index contributed by atoms with van der Waals surface area (Å²) in [6.45, 7) is -1.57. The number of rotatable bonds is 7. The van der Waals surface area contributed by atoms with Crippen LogP contribution in [0, 0.1) is 10.1 Å². The molecular formula is C17H16F2N4O4S. The molecule has 3 rings (SSSR count). The smallest absolute Gasteiger partial charge is 0.270 e. The maximum Gasteiger partial charge on any atom is 0.320 e. The van der Waals surface area contributed by atoms with E-state index < -0.39 is 38.0 Å². The van der Waals surface area contributed by atoms with Gasteiger partial charge in [0.25, 0.3) is 5.69 Å². The van der Waals surface area contributed by atoms with Crippen LogP contribution < -0.4 is 4.72 Å². The predicted molar refractivity (Wildman–Crippen MR) is 97.7 cm³/mol. The molecule has 11 heteroatoms. The van der Waals surface area contributed by atoms with Gasteiger partial charge in [-0.25, -0.2) is 18.1 Å². The number of hydrogen-bond acceptors (Lipinski definition) is 5. The molecule has 0 amide bonds. The number of nitrogens with one attached hydrogen (secondary N) is 1. The Hall–Kier alpha value is -2.92. The van der Waals surface area contributed by atoms with Crippen molar-refractivity contribution >= 4 is 26.7 Å². The van der Waals surface area contributed by atoms with Crippen molar-refractivity contribution in [3.05, 3.63) is 64.5 Å². The molecule has 0 radical (unpaired) electrons. The van der Waals surface area contributed by atoms with E-state index in [0.29, 0.717) is 5.52 Å². The number of hydrogen-bond donors (Lipinski definition) is 1. The largest absolute Gasteiger partial charge is 0.320 e. The number of alkyl halides is 2. The minimum Gasteiger partial charge on any atom is -0.270 e. The average Bonchev–Trinajstić information content (AvgIpc) is 3.06. The summed E-state index contributed by atoms with van der Waals surface area (Å²) in [7, 11) is -4.22. The maximum atomic E-state index is 13.5. The van der Waals surface area contributed by atoms with E-state index in [1.807, 2.05) is 0 Å². The van der Waals surface area contributed by atoms with Crippen molar-refractivity contribution in [3.8, 4) is 0 Å². The SMILES string of the molecule is C[C@H](CNS(=O)(=O)c1ccccc1[N+](=O)[O-])c1nc2ccccc2n1C(F)F. The minimum absolute atomic E-state index is 0.0152. The van der Waals surface area contributed by atoms with Crippen molar-refractivity contribution in [3.63, 3.8) is 0 Å². The Labute approximate surface area is 159 Å². The molecule has 0 bridgehead atoms. The topological polar surface area (TPSA) is 107 Å². The summed E-state index contributed by atoms with van der Waals surface area (Å²) in [4.78, 5) is 14.0. The molecule has 0 fully saturated rings. The summed E-state index contributed by atoms with van der Waals surface area (Å²) in [5.74, 6) is -0.694. The second-order valence-corrected chi connectivity index (χ2v) is 7.82. The van der Waals surface area contributed by atoms with E-state index >= 15 is 0 Å². The van der Waals surface area contributed by atoms with E-state index in [0.717, 1.165) is 16.7 Å². The van der Waals surface area contributed by atoms with E-state index in [1.165, 1.54) is 18.2 Å². The van der Waals surface area contributed by atoms with Crippen LogP contribution in [0.25, 0.3) is 11.0 Å². The molecule has 1 heterocycles. The molecule has 8 nitrogen and oxygen atoms in total. The third-order valence-corrected chi connectivity index (χ3v) is 5.66. The average molecular weight is 410 g/mol. The Kier molecular flexibility index (Phi) is 5.38. The molecule has 28 heavy (non-hydrogen) atoms. The van der Waals surface area contributed by atoms with Crippen LogP contribution in [-0.4, -0.2) is 29.4 Å². The highest BCUT2D eigenvalue weighted by molar-refractivity contribution is 7.89. The van der Waals surface area contributed by atoms with Gasteiger partial charge in [0.05, 0.1) is 16.0 Å². The van der Waals surface area contributed by atoms with Gasteiger partial charge in [-0.2, -0.15) is 8.78 Å². The first-order valence-corrected chi connectivity index (χ1v) is 9.69. The van der Waals surface area contributed by atoms with Crippen LogP contribution in [0.4, 0.5) is 14.5 Å². The molecule has 0 aliphatic rings. The highest BCUT2D eigenvalue weighted by atomic mass is 32.2. The van der Waals surface area contributed by atoms with Crippen LogP contribution in [0.15, 0.2) is 53.4 Å². The van der Waals surface area contributed by atoms with Crippen LogP contribution in [0.3, 0.4) is 0 Å². The monoisotopic (exact) mass is 410 g/mol. The molecule has 3 aromatic rings. The first-order chi connectivity index (χ1) is 13.2. The van der Waals surface area contributed by atoms with Crippen LogP contribution in [0.5, 0.6) is 0 Å². The quantitative estimate of drug-likeness (QED) is 0.474. The highest BCUT2D eigenvalue weighted by Gasteiger charge is 2.27. The molecule has 0 unspecified atom stereocenters. The number of nitrogens with zero attached hydrogens (tertiary/aromatic N) is 3. The summed E-state index contributed by atoms with van der Waals surface area (Å²) in [6, 6.07) is 11.3. The molecule has 1 aromatic heterocycles. The van der Waals surface area contributed by atoms with Gasteiger partial charge in [-0.1, -0.05) is 31.2 Å². The summed E-state index contributed by atoms with van der Waals surface area (Å²) in [6.07, 6.45) is 0. The summed E-state index contributed by atoms with van der Waals surface area (Å²) < 4.78 is 55.1. The molecule has 2 aromatic carbocycles. The van der Waals surface area contributed by atoms with Crippen LogP contribution >= 0.6 is 0 Å². The summed E-state index contributed by atoms with van der Waals surface area (Å²) in [5.41, 5.74) is 0.0366. The molecule has 0 saturated heterocycles. The zero-order valence-corrected chi connectivity index (χ0v) is 15.4. The third kappa shape index (κ3) is 3.71. The van der Waals surface area contributed by atoms with Gasteiger partial charge in [0.15, 0.2) is 4.90 Å². The lowest BCUT2D eigenvalue weighted by molar-refractivity contribution is -0.387. The second-order valence-electron chi connectivity index (χ2n) is 6.08. The van der Waals surface area contributed by atoms with Crippen LogP contribution in [-0.2, 0) is 10.0 Å². The van der Waals surface area contributed by atoms with Gasteiger partial charge in [-0.3, -0.25) is 14.7 Å². The van der Waals surface area contributed by atoms with Crippen molar-refractivity contribution in [2.45, 2.75) is 24.3 Å². The normalized spacial score (nSPS) is 13.1. The van der Waals surface area contributed by atoms with Gasteiger partial charge in [0.2, 0.25) is 10.0 Å². The number of benzene rings is 2. The lowest BCUT2D eigenvalue weighted by Gasteiger charge is -2.15. The number of fused-ring (bicyclic) bond motifs is 1. The number of aromatic nitrogens is 2. The number of halogens is 2. The van der Waals surface area contributed by atoms with E-state index in [9.17, 15) is 27.3 Å². The van der Waals surface area contributed by atoms with Crippen molar-refractivity contribution in [1.82, 2.24) is 14.3 Å². The Morgan fingerprint density at radius 3 is 2.50 bits per heavy atom. The van der Waals surface area contributed by atoms with Crippen molar-refractivity contribution in [1.29, 1.82) is 0 Å². The van der Waals surface area contributed by atoms with Crippen molar-refractivity contribution < 1.29 is 22.1 Å². The maximum absolute atomic E-state index is 13.5. The number of imidazole rings is 1. The Morgan fingerprint density at radius 2 is 1.82 bits per heavy atom. The van der Waals surface area contributed by atoms with E-state index in [4.69, 9.17) is 0 Å². The first kappa shape index (κ1) is 19.8. The fourth-order valence-electron chi connectivity index (χ4n) is 2.85. The predicted octanol–water partition coefficient (Wildman–Crippen LogP) is 3.42. The van der Waals surface area contributed by atoms with Gasteiger partial charge in [-0.05, 0) is 18.2 Å². The Morgan fingerprint density at radius 1 is 1.18 bits per heavy atom. The molecular weight excluding hydrogens is 394 g/mol. The lowest BCUT2D eigenvalue weighted by Crippen LogP contribution is -2.29. The van der Waals surface area contributed by atoms with Gasteiger partial charge in [-0.15, -0.1) is 0 Å². The molecule has 1 N–H and O–H groups in total. The lowest BCUT2D eigenvalue weighted by atomic mass is 10.2. The number of nitro benzene ring substituents is 1. The van der Waals surface area contributed by atoms with Gasteiger partial charge in [0.1, 0.15) is 5.82 Å². The summed E-state index contributed by atoms with van der Waals surface area (Å²) >= 11 is 0. The number of nitro groups is 1. The second kappa shape index (κ2) is 7.60. The Balaban J connectivity index is 1.89. The summed E-state index contributed by atoms with van der Waals surface area (Å²) in [5, 5.41) is 11.1. The third-order valence-electron chi connectivity index (χ3n) is 4.19. The van der Waals surface area contributed by atoms with Crippen LogP contribution in [0.2, 0.25) is 0 Å². The molecule has 0 aliphatic heterocycles. The molecule has 1 atom stereocenters. The molecule has 0 saturated carbocycles. The standard InChI is InChI=1S/C17H16F2N4O4S/c1-11(16-21-12-6-2-3-7-13(12)22(16)17(18)19)10-20-28(26,27)15-9-5-4-8-14(15)23(24)25/h2-9,11,17,20H,10H2,1H3/t11-/m1/s1. The number of para-hydroxylation sites is 3. The van der Waals surface area contributed by atoms with E-state index in [2.05, 4.69) is 9.71 Å². The van der Waals surface area contributed by atoms with E-state index in [-0.39, 0.29) is 17.9 Å². The highest BCUT2D eigenvalue weighted by Crippen LogP contribution is 2.28. The fourth-order valence-corrected chi connectivity index (χ4v) is 4.16.